The Bertz CT molecular complexity index is 758. The van der Waals surface area contributed by atoms with Gasteiger partial charge in [-0.3, -0.25) is 14.5 Å². The van der Waals surface area contributed by atoms with E-state index in [0.29, 0.717) is 24.4 Å². The second kappa shape index (κ2) is 5.82. The molecule has 2 amide bonds. The van der Waals surface area contributed by atoms with Crippen LogP contribution in [0.15, 0.2) is 17.5 Å². The minimum atomic E-state index is -3.51. The Morgan fingerprint density at radius 1 is 1.33 bits per heavy atom. The molecule has 3 aliphatic rings. The van der Waals surface area contributed by atoms with Gasteiger partial charge in [-0.1, -0.05) is 6.07 Å². The van der Waals surface area contributed by atoms with E-state index < -0.39 is 16.1 Å². The Morgan fingerprint density at radius 3 is 2.79 bits per heavy atom. The van der Waals surface area contributed by atoms with Gasteiger partial charge in [-0.05, 0) is 30.7 Å². The van der Waals surface area contributed by atoms with E-state index in [0.717, 1.165) is 17.1 Å². The maximum atomic E-state index is 12.8. The van der Waals surface area contributed by atoms with Crippen LogP contribution in [-0.4, -0.2) is 66.4 Å². The van der Waals surface area contributed by atoms with Crippen molar-refractivity contribution in [3.63, 3.8) is 0 Å². The summed E-state index contributed by atoms with van der Waals surface area (Å²) in [4.78, 5) is 27.5. The first-order valence-corrected chi connectivity index (χ1v) is 10.6. The smallest absolute Gasteiger partial charge is 0.261 e. The number of carbonyl (C=O) groups excluding carboxylic acids is 2. The average Bonchev–Trinajstić information content (AvgIpc) is 3.07. The fourth-order valence-electron chi connectivity index (χ4n) is 3.51. The average molecular weight is 369 g/mol. The quantitative estimate of drug-likeness (QED) is 0.826. The van der Waals surface area contributed by atoms with Crippen LogP contribution >= 0.6 is 11.3 Å². The molecule has 0 unspecified atom stereocenters. The molecule has 7 nitrogen and oxygen atoms in total. The lowest BCUT2D eigenvalue weighted by atomic mass is 10.1. The summed E-state index contributed by atoms with van der Waals surface area (Å²) in [6.45, 7) is 0.856. The predicted octanol–water partition coefficient (Wildman–Crippen LogP) is 0.255. The molecule has 4 rings (SSSR count). The van der Waals surface area contributed by atoms with Gasteiger partial charge in [0.05, 0.1) is 16.7 Å². The molecule has 0 spiro atoms. The van der Waals surface area contributed by atoms with Gasteiger partial charge in [0, 0.05) is 25.2 Å². The highest BCUT2D eigenvalue weighted by molar-refractivity contribution is 7.89. The lowest BCUT2D eigenvalue weighted by Crippen LogP contribution is -2.45. The number of hydrogen-bond acceptors (Lipinski definition) is 6. The second-order valence-corrected chi connectivity index (χ2v) is 9.49. The molecular formula is C15H19N3O4S2. The van der Waals surface area contributed by atoms with Gasteiger partial charge < -0.3 is 5.32 Å². The van der Waals surface area contributed by atoms with Crippen molar-refractivity contribution in [2.75, 3.05) is 18.8 Å². The third-order valence-electron chi connectivity index (χ3n) is 4.80. The molecule has 1 aliphatic carbocycles. The van der Waals surface area contributed by atoms with Crippen LogP contribution in [0.25, 0.3) is 0 Å². The summed E-state index contributed by atoms with van der Waals surface area (Å²) in [5, 5.41) is 4.81. The van der Waals surface area contributed by atoms with E-state index in [1.807, 2.05) is 16.3 Å². The number of fused-ring (bicyclic) bond motifs is 1. The molecule has 24 heavy (non-hydrogen) atoms. The van der Waals surface area contributed by atoms with Crippen molar-refractivity contribution in [1.82, 2.24) is 14.5 Å². The molecule has 130 valence electrons. The largest absolute Gasteiger partial charge is 0.347 e. The molecule has 1 aromatic heterocycles. The van der Waals surface area contributed by atoms with Gasteiger partial charge in [0.25, 0.3) is 11.8 Å². The highest BCUT2D eigenvalue weighted by Gasteiger charge is 2.49. The Kier molecular flexibility index (Phi) is 3.89. The first-order valence-electron chi connectivity index (χ1n) is 8.10. The molecule has 3 fully saturated rings. The van der Waals surface area contributed by atoms with E-state index in [1.165, 1.54) is 11.3 Å². The minimum absolute atomic E-state index is 0.0304. The Hall–Kier alpha value is -1.45. The van der Waals surface area contributed by atoms with Crippen LogP contribution in [0.4, 0.5) is 0 Å². The molecule has 2 aliphatic heterocycles. The molecule has 1 saturated carbocycles. The maximum Gasteiger partial charge on any atom is 0.261 e. The maximum absolute atomic E-state index is 12.8. The third kappa shape index (κ3) is 2.84. The van der Waals surface area contributed by atoms with E-state index in [4.69, 9.17) is 0 Å². The monoisotopic (exact) mass is 369 g/mol. The van der Waals surface area contributed by atoms with Crippen molar-refractivity contribution in [2.24, 2.45) is 0 Å². The van der Waals surface area contributed by atoms with Gasteiger partial charge >= 0.3 is 0 Å². The van der Waals surface area contributed by atoms with Crippen LogP contribution in [-0.2, 0) is 14.8 Å². The summed E-state index contributed by atoms with van der Waals surface area (Å²) in [7, 11) is -3.51. The van der Waals surface area contributed by atoms with Gasteiger partial charge in [0.2, 0.25) is 10.0 Å². The number of thiophene rings is 1. The SMILES string of the molecule is O=C(N[C@H]1C[C@H]2C(=O)N(C3CC3)S(=O)(=O)CCN2C1)c1cccs1. The summed E-state index contributed by atoms with van der Waals surface area (Å²) in [5.74, 6) is -0.480. The standard InChI is InChI=1S/C15H19N3O4S2/c19-14(13-2-1-6-23-13)16-10-8-12-15(20)18(11-3-4-11)24(21,22)7-5-17(12)9-10/h1-2,6,10-12H,3-5,7-9H2,(H,16,19)/t10-,12-/m0/s1. The second-order valence-electron chi connectivity index (χ2n) is 6.58. The van der Waals surface area contributed by atoms with Crippen molar-refractivity contribution in [3.05, 3.63) is 22.4 Å². The van der Waals surface area contributed by atoms with Gasteiger partial charge in [0.15, 0.2) is 0 Å². The van der Waals surface area contributed by atoms with Crippen molar-refractivity contribution < 1.29 is 18.0 Å². The first kappa shape index (κ1) is 16.0. The fraction of sp³-hybridized carbons (Fsp3) is 0.600. The molecule has 0 bridgehead atoms. The third-order valence-corrected chi connectivity index (χ3v) is 7.45. The van der Waals surface area contributed by atoms with E-state index in [1.54, 1.807) is 6.07 Å². The van der Waals surface area contributed by atoms with Crippen molar-refractivity contribution in [2.45, 2.75) is 37.4 Å². The molecule has 9 heteroatoms. The van der Waals surface area contributed by atoms with E-state index in [9.17, 15) is 18.0 Å². The molecule has 2 saturated heterocycles. The van der Waals surface area contributed by atoms with Crippen LogP contribution in [0, 0.1) is 0 Å². The zero-order chi connectivity index (χ0) is 16.9. The van der Waals surface area contributed by atoms with Crippen molar-refractivity contribution in [3.8, 4) is 0 Å². The summed E-state index contributed by atoms with van der Waals surface area (Å²) in [6.07, 6.45) is 1.99. The van der Waals surface area contributed by atoms with Crippen molar-refractivity contribution in [1.29, 1.82) is 0 Å². The zero-order valence-electron chi connectivity index (χ0n) is 13.1. The van der Waals surface area contributed by atoms with Gasteiger partial charge in [-0.25, -0.2) is 12.7 Å². The predicted molar refractivity (Wildman–Crippen MR) is 89.2 cm³/mol. The number of rotatable bonds is 3. The number of carbonyl (C=O) groups is 2. The van der Waals surface area contributed by atoms with E-state index in [2.05, 4.69) is 5.32 Å². The Morgan fingerprint density at radius 2 is 2.12 bits per heavy atom. The molecule has 3 heterocycles. The van der Waals surface area contributed by atoms with Gasteiger partial charge in [0.1, 0.15) is 0 Å². The lowest BCUT2D eigenvalue weighted by Gasteiger charge is -2.23. The topological polar surface area (TPSA) is 86.8 Å². The summed E-state index contributed by atoms with van der Waals surface area (Å²) in [6, 6.07) is 2.86. The van der Waals surface area contributed by atoms with Crippen LogP contribution in [0.5, 0.6) is 0 Å². The molecule has 2 atom stereocenters. The van der Waals surface area contributed by atoms with Gasteiger partial charge in [-0.15, -0.1) is 11.3 Å². The van der Waals surface area contributed by atoms with Crippen LogP contribution in [0.3, 0.4) is 0 Å². The zero-order valence-corrected chi connectivity index (χ0v) is 14.7. The Labute approximate surface area is 144 Å². The molecule has 0 radical (unpaired) electrons. The lowest BCUT2D eigenvalue weighted by molar-refractivity contribution is -0.130. The first-order chi connectivity index (χ1) is 11.5. The summed E-state index contributed by atoms with van der Waals surface area (Å²) in [5.41, 5.74) is 0. The number of nitrogens with one attached hydrogen (secondary N) is 1. The fourth-order valence-corrected chi connectivity index (χ4v) is 5.86. The normalized spacial score (nSPS) is 30.0. The van der Waals surface area contributed by atoms with Gasteiger partial charge in [-0.2, -0.15) is 0 Å². The number of nitrogens with zero attached hydrogens (tertiary/aromatic N) is 2. The molecule has 0 aromatic carbocycles. The summed E-state index contributed by atoms with van der Waals surface area (Å²) >= 11 is 1.38. The minimum Gasteiger partial charge on any atom is -0.347 e. The molecule has 1 N–H and O–H groups in total. The van der Waals surface area contributed by atoms with Crippen LogP contribution < -0.4 is 5.32 Å². The number of hydrogen-bond donors (Lipinski definition) is 1. The highest BCUT2D eigenvalue weighted by Crippen LogP contribution is 2.34. The molecule has 1 aromatic rings. The Balaban J connectivity index is 1.49. The number of amides is 2. The van der Waals surface area contributed by atoms with E-state index in [-0.39, 0.29) is 29.7 Å². The van der Waals surface area contributed by atoms with Crippen LogP contribution in [0.1, 0.15) is 28.9 Å². The van der Waals surface area contributed by atoms with E-state index >= 15 is 0 Å². The number of sulfonamides is 1. The highest BCUT2D eigenvalue weighted by atomic mass is 32.2. The molecular weight excluding hydrogens is 350 g/mol. The van der Waals surface area contributed by atoms with Crippen LogP contribution in [0.2, 0.25) is 0 Å². The van der Waals surface area contributed by atoms with Crippen molar-refractivity contribution >= 4 is 33.2 Å². The summed E-state index contributed by atoms with van der Waals surface area (Å²) < 4.78 is 25.8.